The number of nitrogens with zero attached hydrogens (tertiary/aromatic N) is 4. The highest BCUT2D eigenvalue weighted by Gasteiger charge is 2.14. The molecule has 0 aliphatic heterocycles. The second kappa shape index (κ2) is 5.90. The van der Waals surface area contributed by atoms with Crippen molar-refractivity contribution in [2.75, 3.05) is 5.32 Å². The number of hydrogen-bond donors (Lipinski definition) is 1. The molecule has 6 nitrogen and oxygen atoms in total. The first-order valence-corrected chi connectivity index (χ1v) is 7.94. The van der Waals surface area contributed by atoms with Gasteiger partial charge in [-0.2, -0.15) is 0 Å². The standard InChI is InChI=1S/C19H17N5O/c1-13-6-7-14(16-11-23(2)12-21-16)9-15(13)22-19(25)17-10-20-18-5-3-4-8-24(17)18/h3-12H,1-2H3,(H,22,25). The average Bonchev–Trinajstić information content (AvgIpc) is 3.23. The molecule has 0 aliphatic carbocycles. The van der Waals surface area contributed by atoms with Gasteiger partial charge in [-0.3, -0.25) is 9.20 Å². The maximum atomic E-state index is 12.7. The summed E-state index contributed by atoms with van der Waals surface area (Å²) in [5.74, 6) is -0.194. The van der Waals surface area contributed by atoms with Crippen LogP contribution in [0.4, 0.5) is 5.69 Å². The van der Waals surface area contributed by atoms with Crippen molar-refractivity contribution in [3.63, 3.8) is 0 Å². The van der Waals surface area contributed by atoms with Crippen LogP contribution >= 0.6 is 0 Å². The number of aryl methyl sites for hydroxylation is 2. The quantitative estimate of drug-likeness (QED) is 0.626. The van der Waals surface area contributed by atoms with E-state index in [4.69, 9.17) is 0 Å². The molecule has 4 rings (SSSR count). The van der Waals surface area contributed by atoms with Crippen molar-refractivity contribution in [1.29, 1.82) is 0 Å². The number of fused-ring (bicyclic) bond motifs is 1. The molecule has 124 valence electrons. The maximum Gasteiger partial charge on any atom is 0.274 e. The first kappa shape index (κ1) is 15.1. The molecule has 0 saturated heterocycles. The largest absolute Gasteiger partial charge is 0.340 e. The van der Waals surface area contributed by atoms with E-state index >= 15 is 0 Å². The highest BCUT2D eigenvalue weighted by Crippen LogP contribution is 2.24. The molecule has 25 heavy (non-hydrogen) atoms. The molecule has 1 N–H and O–H groups in total. The molecule has 0 atom stereocenters. The van der Waals surface area contributed by atoms with Gasteiger partial charge in [-0.25, -0.2) is 9.97 Å². The molecule has 0 spiro atoms. The molecule has 0 unspecified atom stereocenters. The molecule has 4 aromatic rings. The van der Waals surface area contributed by atoms with Gasteiger partial charge in [0.15, 0.2) is 0 Å². The molecular weight excluding hydrogens is 314 g/mol. The lowest BCUT2D eigenvalue weighted by Gasteiger charge is -2.10. The number of pyridine rings is 1. The molecule has 0 aliphatic rings. The zero-order valence-corrected chi connectivity index (χ0v) is 14.0. The summed E-state index contributed by atoms with van der Waals surface area (Å²) in [5.41, 5.74) is 4.82. The van der Waals surface area contributed by atoms with Crippen LogP contribution in [-0.4, -0.2) is 24.8 Å². The van der Waals surface area contributed by atoms with Crippen molar-refractivity contribution in [3.05, 3.63) is 72.6 Å². The third-order valence-electron chi connectivity index (χ3n) is 4.14. The Morgan fingerprint density at radius 1 is 1.16 bits per heavy atom. The van der Waals surface area contributed by atoms with Gasteiger partial charge >= 0.3 is 0 Å². The summed E-state index contributed by atoms with van der Waals surface area (Å²) in [7, 11) is 1.93. The smallest absolute Gasteiger partial charge is 0.274 e. The lowest BCUT2D eigenvalue weighted by molar-refractivity contribution is 0.102. The zero-order chi connectivity index (χ0) is 17.4. The third-order valence-corrected chi connectivity index (χ3v) is 4.14. The summed E-state index contributed by atoms with van der Waals surface area (Å²) in [6, 6.07) is 11.6. The number of benzene rings is 1. The maximum absolute atomic E-state index is 12.7. The predicted octanol–water partition coefficient (Wildman–Crippen LogP) is 3.30. The molecule has 1 amide bonds. The highest BCUT2D eigenvalue weighted by molar-refractivity contribution is 6.04. The summed E-state index contributed by atoms with van der Waals surface area (Å²) >= 11 is 0. The Morgan fingerprint density at radius 3 is 2.84 bits per heavy atom. The Kier molecular flexibility index (Phi) is 3.57. The number of anilines is 1. The third kappa shape index (κ3) is 2.78. The number of carbonyl (C=O) groups excluding carboxylic acids is 1. The molecule has 1 aromatic carbocycles. The Morgan fingerprint density at radius 2 is 2.04 bits per heavy atom. The van der Waals surface area contributed by atoms with E-state index in [1.54, 1.807) is 16.9 Å². The van der Waals surface area contributed by atoms with E-state index in [1.807, 2.05) is 67.3 Å². The first-order valence-electron chi connectivity index (χ1n) is 7.94. The summed E-state index contributed by atoms with van der Waals surface area (Å²) in [4.78, 5) is 21.3. The summed E-state index contributed by atoms with van der Waals surface area (Å²) in [6.45, 7) is 1.96. The number of imidazole rings is 2. The van der Waals surface area contributed by atoms with Crippen LogP contribution in [0.1, 0.15) is 16.1 Å². The molecule has 0 saturated carbocycles. The topological polar surface area (TPSA) is 64.2 Å². The fraction of sp³-hybridized carbons (Fsp3) is 0.105. The number of rotatable bonds is 3. The number of carbonyl (C=O) groups is 1. The Hall–Kier alpha value is -3.41. The van der Waals surface area contributed by atoms with Gasteiger partial charge in [-0.05, 0) is 30.7 Å². The van der Waals surface area contributed by atoms with E-state index in [0.717, 1.165) is 28.2 Å². The molecule has 0 radical (unpaired) electrons. The monoisotopic (exact) mass is 331 g/mol. The summed E-state index contributed by atoms with van der Waals surface area (Å²) < 4.78 is 3.67. The van der Waals surface area contributed by atoms with Gasteiger partial charge in [0.2, 0.25) is 0 Å². The van der Waals surface area contributed by atoms with Crippen molar-refractivity contribution in [3.8, 4) is 11.3 Å². The number of hydrogen-bond acceptors (Lipinski definition) is 3. The minimum absolute atomic E-state index is 0.194. The second-order valence-electron chi connectivity index (χ2n) is 5.98. The van der Waals surface area contributed by atoms with Crippen LogP contribution in [0.3, 0.4) is 0 Å². The molecule has 0 fully saturated rings. The second-order valence-corrected chi connectivity index (χ2v) is 5.98. The summed E-state index contributed by atoms with van der Waals surface area (Å²) in [5, 5.41) is 2.99. The van der Waals surface area contributed by atoms with E-state index in [0.29, 0.717) is 5.69 Å². The number of nitrogens with one attached hydrogen (secondary N) is 1. The minimum Gasteiger partial charge on any atom is -0.340 e. The van der Waals surface area contributed by atoms with Crippen molar-refractivity contribution in [1.82, 2.24) is 18.9 Å². The fourth-order valence-corrected chi connectivity index (χ4v) is 2.76. The van der Waals surface area contributed by atoms with Gasteiger partial charge in [-0.1, -0.05) is 18.2 Å². The Labute approximate surface area is 144 Å². The highest BCUT2D eigenvalue weighted by atomic mass is 16.1. The van der Waals surface area contributed by atoms with Gasteiger partial charge in [0.1, 0.15) is 11.3 Å². The number of amides is 1. The summed E-state index contributed by atoms with van der Waals surface area (Å²) in [6.07, 6.45) is 7.11. The molecule has 3 aromatic heterocycles. The van der Waals surface area contributed by atoms with Crippen LogP contribution in [-0.2, 0) is 7.05 Å². The van der Waals surface area contributed by atoms with Crippen molar-refractivity contribution in [2.24, 2.45) is 7.05 Å². The van der Waals surface area contributed by atoms with E-state index in [2.05, 4.69) is 15.3 Å². The number of aromatic nitrogens is 4. The average molecular weight is 331 g/mol. The van der Waals surface area contributed by atoms with Crippen LogP contribution < -0.4 is 5.32 Å². The van der Waals surface area contributed by atoms with Crippen molar-refractivity contribution >= 4 is 17.2 Å². The Balaban J connectivity index is 1.67. The molecule has 0 bridgehead atoms. The van der Waals surface area contributed by atoms with E-state index in [9.17, 15) is 4.79 Å². The van der Waals surface area contributed by atoms with Crippen LogP contribution in [0.15, 0.2) is 61.3 Å². The van der Waals surface area contributed by atoms with Crippen molar-refractivity contribution in [2.45, 2.75) is 6.92 Å². The van der Waals surface area contributed by atoms with Gasteiger partial charge in [0.05, 0.1) is 18.2 Å². The SMILES string of the molecule is Cc1ccc(-c2cn(C)cn2)cc1NC(=O)c1cnc2ccccn12. The van der Waals surface area contributed by atoms with E-state index in [-0.39, 0.29) is 5.91 Å². The van der Waals surface area contributed by atoms with Gasteiger partial charge in [-0.15, -0.1) is 0 Å². The molecule has 6 heteroatoms. The van der Waals surface area contributed by atoms with E-state index < -0.39 is 0 Å². The van der Waals surface area contributed by atoms with Crippen molar-refractivity contribution < 1.29 is 4.79 Å². The Bertz CT molecular complexity index is 1080. The zero-order valence-electron chi connectivity index (χ0n) is 14.0. The minimum atomic E-state index is -0.194. The van der Waals surface area contributed by atoms with Crippen LogP contribution in [0.2, 0.25) is 0 Å². The van der Waals surface area contributed by atoms with Crippen LogP contribution in [0.5, 0.6) is 0 Å². The predicted molar refractivity (Wildman–Crippen MR) is 96.5 cm³/mol. The van der Waals surface area contributed by atoms with E-state index in [1.165, 1.54) is 0 Å². The van der Waals surface area contributed by atoms with Gasteiger partial charge in [0.25, 0.3) is 5.91 Å². The van der Waals surface area contributed by atoms with Crippen LogP contribution in [0, 0.1) is 6.92 Å². The fourth-order valence-electron chi connectivity index (χ4n) is 2.76. The molecule has 3 heterocycles. The first-order chi connectivity index (χ1) is 12.1. The normalized spacial score (nSPS) is 11.0. The lowest BCUT2D eigenvalue weighted by Crippen LogP contribution is -2.15. The van der Waals surface area contributed by atoms with Gasteiger partial charge in [0, 0.05) is 30.7 Å². The van der Waals surface area contributed by atoms with Crippen LogP contribution in [0.25, 0.3) is 16.9 Å². The lowest BCUT2D eigenvalue weighted by atomic mass is 10.1. The van der Waals surface area contributed by atoms with Gasteiger partial charge < -0.3 is 9.88 Å². The molecular formula is C19H17N5O.